The van der Waals surface area contributed by atoms with Crippen LogP contribution in [-0.4, -0.2) is 36.0 Å². The lowest BCUT2D eigenvalue weighted by Crippen LogP contribution is -2.41. The molecule has 0 heterocycles. The number of esters is 1. The first-order valence-corrected chi connectivity index (χ1v) is 7.06. The molecule has 0 aliphatic heterocycles. The van der Waals surface area contributed by atoms with Crippen molar-refractivity contribution in [2.24, 2.45) is 17.8 Å². The summed E-state index contributed by atoms with van der Waals surface area (Å²) in [6.45, 7) is 9.60. The van der Waals surface area contributed by atoms with Crippen LogP contribution < -0.4 is 0 Å². The van der Waals surface area contributed by atoms with Gasteiger partial charge in [-0.2, -0.15) is 0 Å². The van der Waals surface area contributed by atoms with Crippen LogP contribution in [0.1, 0.15) is 33.6 Å². The molecule has 5 unspecified atom stereocenters. The molecule has 2 fully saturated rings. The standard InChI is InChI=1S/C15H24O4/c1-8(2)15(17)18-7-11-5-10-6-12(11)14(13(10)16)19-9(3)4/h9-14,16H,1,5-7H2,2-4H3. The number of ether oxygens (including phenoxy) is 2. The van der Waals surface area contributed by atoms with Crippen molar-refractivity contribution >= 4 is 5.97 Å². The van der Waals surface area contributed by atoms with Gasteiger partial charge in [-0.15, -0.1) is 0 Å². The Balaban J connectivity index is 1.91. The fraction of sp³-hybridized carbons (Fsp3) is 0.800. The molecule has 4 nitrogen and oxygen atoms in total. The number of carbonyl (C=O) groups is 1. The van der Waals surface area contributed by atoms with Gasteiger partial charge in [-0.05, 0) is 51.4 Å². The molecule has 2 rings (SSSR count). The number of aliphatic hydroxyl groups is 1. The molecule has 108 valence electrons. The lowest BCUT2D eigenvalue weighted by Gasteiger charge is -2.33. The van der Waals surface area contributed by atoms with Crippen molar-refractivity contribution in [3.8, 4) is 0 Å². The van der Waals surface area contributed by atoms with E-state index in [-0.39, 0.29) is 24.3 Å². The maximum Gasteiger partial charge on any atom is 0.333 e. The zero-order chi connectivity index (χ0) is 14.2. The van der Waals surface area contributed by atoms with Crippen molar-refractivity contribution in [2.75, 3.05) is 6.61 Å². The summed E-state index contributed by atoms with van der Waals surface area (Å²) in [4.78, 5) is 11.4. The third-order valence-corrected chi connectivity index (χ3v) is 4.23. The second kappa shape index (κ2) is 5.63. The van der Waals surface area contributed by atoms with E-state index in [1.807, 2.05) is 13.8 Å². The molecule has 2 bridgehead atoms. The van der Waals surface area contributed by atoms with Crippen molar-refractivity contribution in [3.63, 3.8) is 0 Å². The lowest BCUT2D eigenvalue weighted by atomic mass is 9.85. The van der Waals surface area contributed by atoms with Gasteiger partial charge in [0.05, 0.1) is 24.9 Å². The maximum atomic E-state index is 11.4. The summed E-state index contributed by atoms with van der Waals surface area (Å²) in [6, 6.07) is 0. The van der Waals surface area contributed by atoms with Crippen LogP contribution in [0.2, 0.25) is 0 Å². The summed E-state index contributed by atoms with van der Waals surface area (Å²) in [7, 11) is 0. The van der Waals surface area contributed by atoms with Crippen LogP contribution in [0.4, 0.5) is 0 Å². The van der Waals surface area contributed by atoms with E-state index in [1.54, 1.807) is 6.92 Å². The van der Waals surface area contributed by atoms with E-state index < -0.39 is 0 Å². The van der Waals surface area contributed by atoms with E-state index in [4.69, 9.17) is 9.47 Å². The second-order valence-electron chi connectivity index (χ2n) is 6.17. The summed E-state index contributed by atoms with van der Waals surface area (Å²) in [5, 5.41) is 10.2. The summed E-state index contributed by atoms with van der Waals surface area (Å²) in [5.74, 6) is 0.577. The minimum Gasteiger partial charge on any atom is -0.462 e. The topological polar surface area (TPSA) is 55.8 Å². The molecule has 0 aromatic rings. The third kappa shape index (κ3) is 3.00. The smallest absolute Gasteiger partial charge is 0.333 e. The summed E-state index contributed by atoms with van der Waals surface area (Å²) in [5.41, 5.74) is 0.429. The predicted molar refractivity (Wildman–Crippen MR) is 71.5 cm³/mol. The highest BCUT2D eigenvalue weighted by molar-refractivity contribution is 5.86. The Morgan fingerprint density at radius 1 is 1.42 bits per heavy atom. The van der Waals surface area contributed by atoms with Gasteiger partial charge in [-0.25, -0.2) is 4.79 Å². The number of rotatable bonds is 5. The zero-order valence-electron chi connectivity index (χ0n) is 12.0. The normalized spacial score (nSPS) is 36.8. The molecule has 4 heteroatoms. The number of hydrogen-bond donors (Lipinski definition) is 1. The highest BCUT2D eigenvalue weighted by Crippen LogP contribution is 2.50. The van der Waals surface area contributed by atoms with Gasteiger partial charge >= 0.3 is 5.97 Å². The van der Waals surface area contributed by atoms with Crippen molar-refractivity contribution in [2.45, 2.75) is 51.9 Å². The molecule has 2 aliphatic carbocycles. The largest absolute Gasteiger partial charge is 0.462 e. The van der Waals surface area contributed by atoms with E-state index in [0.29, 0.717) is 29.9 Å². The van der Waals surface area contributed by atoms with Gasteiger partial charge < -0.3 is 14.6 Å². The van der Waals surface area contributed by atoms with E-state index >= 15 is 0 Å². The SMILES string of the molecule is C=C(C)C(=O)OCC1CC2CC1C(OC(C)C)C2O. The first kappa shape index (κ1) is 14.5. The van der Waals surface area contributed by atoms with Gasteiger partial charge in [0, 0.05) is 5.57 Å². The molecule has 2 saturated carbocycles. The average Bonchev–Trinajstić information content (AvgIpc) is 2.86. The molecule has 1 N–H and O–H groups in total. The van der Waals surface area contributed by atoms with Crippen molar-refractivity contribution in [1.82, 2.24) is 0 Å². The van der Waals surface area contributed by atoms with E-state index in [0.717, 1.165) is 12.8 Å². The predicted octanol–water partition coefficient (Wildman–Crippen LogP) is 1.92. The Morgan fingerprint density at radius 2 is 2.11 bits per heavy atom. The van der Waals surface area contributed by atoms with Gasteiger partial charge in [-0.3, -0.25) is 0 Å². The molecular formula is C15H24O4. The van der Waals surface area contributed by atoms with Crippen LogP contribution >= 0.6 is 0 Å². The summed E-state index contributed by atoms with van der Waals surface area (Å²) < 4.78 is 11.1. The molecular weight excluding hydrogens is 244 g/mol. The maximum absolute atomic E-state index is 11.4. The van der Waals surface area contributed by atoms with Crippen molar-refractivity contribution in [1.29, 1.82) is 0 Å². The molecule has 2 aliphatic rings. The molecule has 0 spiro atoms. The van der Waals surface area contributed by atoms with Crippen molar-refractivity contribution < 1.29 is 19.4 Å². The van der Waals surface area contributed by atoms with Gasteiger partial charge in [0.1, 0.15) is 0 Å². The van der Waals surface area contributed by atoms with Gasteiger partial charge in [0.15, 0.2) is 0 Å². The zero-order valence-corrected chi connectivity index (χ0v) is 12.0. The minimum atomic E-state index is -0.361. The van der Waals surface area contributed by atoms with Crippen LogP contribution in [0.25, 0.3) is 0 Å². The lowest BCUT2D eigenvalue weighted by molar-refractivity contribution is -0.144. The number of hydrogen-bond acceptors (Lipinski definition) is 4. The number of carbonyl (C=O) groups excluding carboxylic acids is 1. The van der Waals surface area contributed by atoms with Crippen LogP contribution in [0.15, 0.2) is 12.2 Å². The monoisotopic (exact) mass is 268 g/mol. The molecule has 5 atom stereocenters. The van der Waals surface area contributed by atoms with Crippen LogP contribution in [0.3, 0.4) is 0 Å². The minimum absolute atomic E-state index is 0.104. The summed E-state index contributed by atoms with van der Waals surface area (Å²) in [6.07, 6.45) is 1.55. The fourth-order valence-corrected chi connectivity index (χ4v) is 3.40. The molecule has 0 amide bonds. The third-order valence-electron chi connectivity index (χ3n) is 4.23. The molecule has 0 radical (unpaired) electrons. The Bertz CT molecular complexity index is 363. The first-order chi connectivity index (χ1) is 8.90. The first-order valence-electron chi connectivity index (χ1n) is 7.06. The van der Waals surface area contributed by atoms with E-state index in [9.17, 15) is 9.90 Å². The fourth-order valence-electron chi connectivity index (χ4n) is 3.40. The van der Waals surface area contributed by atoms with Gasteiger partial charge in [0.25, 0.3) is 0 Å². The van der Waals surface area contributed by atoms with Crippen LogP contribution in [0, 0.1) is 17.8 Å². The Hall–Kier alpha value is -0.870. The quantitative estimate of drug-likeness (QED) is 0.611. The molecule has 19 heavy (non-hydrogen) atoms. The van der Waals surface area contributed by atoms with Gasteiger partial charge in [0.2, 0.25) is 0 Å². The Labute approximate surface area is 114 Å². The highest BCUT2D eigenvalue weighted by Gasteiger charge is 2.53. The van der Waals surface area contributed by atoms with Crippen molar-refractivity contribution in [3.05, 3.63) is 12.2 Å². The Kier molecular flexibility index (Phi) is 4.31. The van der Waals surface area contributed by atoms with Crippen LogP contribution in [0.5, 0.6) is 0 Å². The van der Waals surface area contributed by atoms with Gasteiger partial charge in [-0.1, -0.05) is 6.58 Å². The Morgan fingerprint density at radius 3 is 2.63 bits per heavy atom. The average molecular weight is 268 g/mol. The number of aliphatic hydroxyl groups excluding tert-OH is 1. The summed E-state index contributed by atoms with van der Waals surface area (Å²) >= 11 is 0. The number of fused-ring (bicyclic) bond motifs is 2. The molecule has 0 aromatic carbocycles. The van der Waals surface area contributed by atoms with E-state index in [2.05, 4.69) is 6.58 Å². The van der Waals surface area contributed by atoms with E-state index in [1.165, 1.54) is 0 Å². The molecule has 0 saturated heterocycles. The van der Waals surface area contributed by atoms with Crippen LogP contribution in [-0.2, 0) is 14.3 Å². The second-order valence-corrected chi connectivity index (χ2v) is 6.17. The molecule has 0 aromatic heterocycles. The highest BCUT2D eigenvalue weighted by atomic mass is 16.5.